The molecule has 0 saturated carbocycles. The average Bonchev–Trinajstić information content (AvgIpc) is 2.93. The molecule has 4 rings (SSSR count). The predicted octanol–water partition coefficient (Wildman–Crippen LogP) is 4.46. The monoisotopic (exact) mass is 440 g/mol. The first-order valence-corrected chi connectivity index (χ1v) is 11.6. The van der Waals surface area contributed by atoms with E-state index in [1.165, 1.54) is 5.56 Å². The van der Waals surface area contributed by atoms with Gasteiger partial charge in [-0.1, -0.05) is 6.07 Å². The minimum atomic E-state index is -0.403. The average molecular weight is 441 g/mol. The molecule has 1 N–H and O–H groups in total. The Morgan fingerprint density at radius 1 is 1.12 bits per heavy atom. The third-order valence-electron chi connectivity index (χ3n) is 6.37. The molecule has 0 atom stereocenters. The standard InChI is InChI=1S/C25H36N4O3/c1-7-31-21-14-17(8-9-20(21)30-6)16-29-12-10-18(11-13-29)27-23-26-15-19-22(28-23)25(4,5)32-24(19,2)3/h8-9,14-15,18H,7,10-13,16H2,1-6H3,(H,26,27,28). The van der Waals surface area contributed by atoms with Crippen molar-refractivity contribution in [3.8, 4) is 11.5 Å². The summed E-state index contributed by atoms with van der Waals surface area (Å²) in [7, 11) is 1.68. The number of rotatable bonds is 7. The van der Waals surface area contributed by atoms with Crippen LogP contribution < -0.4 is 14.8 Å². The zero-order valence-corrected chi connectivity index (χ0v) is 20.2. The van der Waals surface area contributed by atoms with E-state index >= 15 is 0 Å². The number of fused-ring (bicyclic) bond motifs is 1. The number of benzene rings is 1. The number of nitrogens with zero attached hydrogens (tertiary/aromatic N) is 3. The number of ether oxygens (including phenoxy) is 3. The van der Waals surface area contributed by atoms with Gasteiger partial charge in [-0.05, 0) is 65.2 Å². The first-order chi connectivity index (χ1) is 15.2. The highest BCUT2D eigenvalue weighted by Gasteiger charge is 2.45. The number of hydrogen-bond acceptors (Lipinski definition) is 7. The lowest BCUT2D eigenvalue weighted by molar-refractivity contribution is -0.106. The third kappa shape index (κ3) is 4.69. The molecule has 0 amide bonds. The smallest absolute Gasteiger partial charge is 0.223 e. The second-order valence-corrected chi connectivity index (χ2v) is 9.69. The van der Waals surface area contributed by atoms with Crippen LogP contribution in [0.1, 0.15) is 64.3 Å². The normalized spacial score (nSPS) is 20.1. The van der Waals surface area contributed by atoms with Crippen LogP contribution in [-0.4, -0.2) is 47.7 Å². The summed E-state index contributed by atoms with van der Waals surface area (Å²) in [6.45, 7) is 13.9. The van der Waals surface area contributed by atoms with Crippen molar-refractivity contribution in [2.75, 3.05) is 32.1 Å². The number of methoxy groups -OCH3 is 1. The van der Waals surface area contributed by atoms with Gasteiger partial charge in [0.1, 0.15) is 5.60 Å². The highest BCUT2D eigenvalue weighted by Crippen LogP contribution is 2.45. The number of anilines is 1. The van der Waals surface area contributed by atoms with E-state index in [1.54, 1.807) is 7.11 Å². The molecule has 1 saturated heterocycles. The molecule has 174 valence electrons. The van der Waals surface area contributed by atoms with Gasteiger partial charge in [0.15, 0.2) is 11.5 Å². The second-order valence-electron chi connectivity index (χ2n) is 9.69. The van der Waals surface area contributed by atoms with Crippen LogP contribution in [0.4, 0.5) is 5.95 Å². The molecule has 2 aromatic rings. The fourth-order valence-electron chi connectivity index (χ4n) is 4.86. The largest absolute Gasteiger partial charge is 0.493 e. The molecule has 7 heteroatoms. The lowest BCUT2D eigenvalue weighted by Crippen LogP contribution is -2.39. The highest BCUT2D eigenvalue weighted by molar-refractivity contribution is 5.43. The molecule has 0 radical (unpaired) electrons. The third-order valence-corrected chi connectivity index (χ3v) is 6.37. The van der Waals surface area contributed by atoms with E-state index in [4.69, 9.17) is 19.2 Å². The van der Waals surface area contributed by atoms with Crippen molar-refractivity contribution < 1.29 is 14.2 Å². The second kappa shape index (κ2) is 8.87. The molecule has 3 heterocycles. The van der Waals surface area contributed by atoms with Crippen LogP contribution in [0.25, 0.3) is 0 Å². The summed E-state index contributed by atoms with van der Waals surface area (Å²) in [5.74, 6) is 2.30. The molecule has 0 bridgehead atoms. The lowest BCUT2D eigenvalue weighted by Gasteiger charge is -2.32. The number of aromatic nitrogens is 2. The molecule has 7 nitrogen and oxygen atoms in total. The van der Waals surface area contributed by atoms with E-state index in [2.05, 4.69) is 55.0 Å². The summed E-state index contributed by atoms with van der Waals surface area (Å²) < 4.78 is 17.3. The molecule has 0 spiro atoms. The van der Waals surface area contributed by atoms with Gasteiger partial charge in [-0.25, -0.2) is 9.97 Å². The van der Waals surface area contributed by atoms with Gasteiger partial charge >= 0.3 is 0 Å². The number of piperidine rings is 1. The minimum Gasteiger partial charge on any atom is -0.493 e. The van der Waals surface area contributed by atoms with Crippen molar-refractivity contribution in [3.63, 3.8) is 0 Å². The Morgan fingerprint density at radius 2 is 1.88 bits per heavy atom. The Bertz CT molecular complexity index is 952. The van der Waals surface area contributed by atoms with E-state index in [9.17, 15) is 0 Å². The Kier molecular flexibility index (Phi) is 6.32. The zero-order chi connectivity index (χ0) is 22.9. The molecular weight excluding hydrogens is 404 g/mol. The number of likely N-dealkylation sites (tertiary alicyclic amines) is 1. The number of nitrogens with one attached hydrogen (secondary N) is 1. The fraction of sp³-hybridized carbons (Fsp3) is 0.600. The van der Waals surface area contributed by atoms with Gasteiger partial charge in [-0.3, -0.25) is 4.90 Å². The number of hydrogen-bond donors (Lipinski definition) is 1. The molecular formula is C25H36N4O3. The zero-order valence-electron chi connectivity index (χ0n) is 20.2. The van der Waals surface area contributed by atoms with E-state index < -0.39 is 5.60 Å². The van der Waals surface area contributed by atoms with Crippen LogP contribution in [0.15, 0.2) is 24.4 Å². The Balaban J connectivity index is 1.35. The first kappa shape index (κ1) is 22.8. The maximum absolute atomic E-state index is 6.21. The van der Waals surface area contributed by atoms with E-state index in [-0.39, 0.29) is 5.60 Å². The summed E-state index contributed by atoms with van der Waals surface area (Å²) in [6, 6.07) is 6.58. The maximum atomic E-state index is 6.21. The molecule has 1 fully saturated rings. The van der Waals surface area contributed by atoms with E-state index in [0.29, 0.717) is 18.6 Å². The topological polar surface area (TPSA) is 68.7 Å². The van der Waals surface area contributed by atoms with Gasteiger partial charge in [0.2, 0.25) is 5.95 Å². The molecule has 2 aliphatic rings. The van der Waals surface area contributed by atoms with Crippen molar-refractivity contribution in [2.24, 2.45) is 0 Å². The Hall–Kier alpha value is -2.38. The Morgan fingerprint density at radius 3 is 2.56 bits per heavy atom. The quantitative estimate of drug-likeness (QED) is 0.682. The molecule has 2 aliphatic heterocycles. The van der Waals surface area contributed by atoms with Gasteiger partial charge in [-0.15, -0.1) is 0 Å². The van der Waals surface area contributed by atoms with Crippen LogP contribution in [0.5, 0.6) is 11.5 Å². The van der Waals surface area contributed by atoms with Crippen LogP contribution in [0, 0.1) is 0 Å². The lowest BCUT2D eigenvalue weighted by atomic mass is 9.97. The van der Waals surface area contributed by atoms with Gasteiger partial charge in [-0.2, -0.15) is 0 Å². The predicted molar refractivity (Wildman–Crippen MR) is 125 cm³/mol. The fourth-order valence-corrected chi connectivity index (χ4v) is 4.86. The van der Waals surface area contributed by atoms with Crippen LogP contribution in [-0.2, 0) is 22.5 Å². The SMILES string of the molecule is CCOc1cc(CN2CCC(Nc3ncc4c(n3)C(C)(C)OC4(C)C)CC2)ccc1OC. The summed E-state index contributed by atoms with van der Waals surface area (Å²) in [4.78, 5) is 11.9. The van der Waals surface area contributed by atoms with Gasteiger partial charge < -0.3 is 19.5 Å². The van der Waals surface area contributed by atoms with Crippen LogP contribution in [0.2, 0.25) is 0 Å². The summed E-state index contributed by atoms with van der Waals surface area (Å²) in [5.41, 5.74) is 2.55. The first-order valence-electron chi connectivity index (χ1n) is 11.6. The van der Waals surface area contributed by atoms with E-state index in [0.717, 1.165) is 55.2 Å². The molecule has 1 aromatic carbocycles. The van der Waals surface area contributed by atoms with Crippen molar-refractivity contribution in [2.45, 2.75) is 71.2 Å². The summed E-state index contributed by atoms with van der Waals surface area (Å²) in [6.07, 6.45) is 4.04. The summed E-state index contributed by atoms with van der Waals surface area (Å²) in [5, 5.41) is 3.56. The summed E-state index contributed by atoms with van der Waals surface area (Å²) >= 11 is 0. The molecule has 32 heavy (non-hydrogen) atoms. The maximum Gasteiger partial charge on any atom is 0.223 e. The van der Waals surface area contributed by atoms with Crippen molar-refractivity contribution in [1.82, 2.24) is 14.9 Å². The minimum absolute atomic E-state index is 0.355. The molecule has 0 aliphatic carbocycles. The van der Waals surface area contributed by atoms with Crippen molar-refractivity contribution >= 4 is 5.95 Å². The van der Waals surface area contributed by atoms with E-state index in [1.807, 2.05) is 19.2 Å². The molecule has 0 unspecified atom stereocenters. The van der Waals surface area contributed by atoms with Crippen LogP contribution in [0.3, 0.4) is 0 Å². The van der Waals surface area contributed by atoms with Crippen molar-refractivity contribution in [1.29, 1.82) is 0 Å². The van der Waals surface area contributed by atoms with Gasteiger partial charge in [0.05, 0.1) is 25.0 Å². The van der Waals surface area contributed by atoms with Gasteiger partial charge in [0.25, 0.3) is 0 Å². The Labute approximate surface area is 191 Å². The van der Waals surface area contributed by atoms with Gasteiger partial charge in [0, 0.05) is 37.4 Å². The van der Waals surface area contributed by atoms with Crippen molar-refractivity contribution in [3.05, 3.63) is 41.2 Å². The van der Waals surface area contributed by atoms with Crippen LogP contribution >= 0.6 is 0 Å². The molecule has 1 aromatic heterocycles. The highest BCUT2D eigenvalue weighted by atomic mass is 16.5.